The Labute approximate surface area is 74.6 Å². The van der Waals surface area contributed by atoms with Gasteiger partial charge < -0.3 is 10.0 Å². The maximum Gasteiger partial charge on any atom is 0.0690 e. The highest BCUT2D eigenvalue weighted by molar-refractivity contribution is 5.01. The number of hydrogen-bond acceptors (Lipinski definition) is 2. The third-order valence-electron chi connectivity index (χ3n) is 3.47. The van der Waals surface area contributed by atoms with Crippen molar-refractivity contribution in [3.05, 3.63) is 0 Å². The van der Waals surface area contributed by atoms with E-state index in [1.165, 1.54) is 19.4 Å². The van der Waals surface area contributed by atoms with Crippen molar-refractivity contribution in [2.75, 3.05) is 19.6 Å². The number of likely N-dealkylation sites (tertiary alicyclic amines) is 1. The Bertz CT molecular complexity index is 165. The van der Waals surface area contributed by atoms with Gasteiger partial charge in [-0.05, 0) is 38.8 Å². The van der Waals surface area contributed by atoms with E-state index in [4.69, 9.17) is 0 Å². The lowest BCUT2D eigenvalue weighted by Crippen LogP contribution is -2.41. The van der Waals surface area contributed by atoms with Crippen molar-refractivity contribution in [3.63, 3.8) is 0 Å². The minimum atomic E-state index is -0.242. The highest BCUT2D eigenvalue weighted by Crippen LogP contribution is 2.45. The quantitative estimate of drug-likeness (QED) is 0.672. The molecule has 2 rings (SSSR count). The van der Waals surface area contributed by atoms with E-state index in [-0.39, 0.29) is 5.60 Å². The molecule has 0 aromatic rings. The summed E-state index contributed by atoms with van der Waals surface area (Å²) in [6.07, 6.45) is 4.62. The van der Waals surface area contributed by atoms with Crippen LogP contribution in [0.1, 0.15) is 32.6 Å². The number of nitrogens with zero attached hydrogens (tertiary/aromatic N) is 1. The topological polar surface area (TPSA) is 23.5 Å². The molecule has 1 aliphatic heterocycles. The maximum absolute atomic E-state index is 9.94. The Morgan fingerprint density at radius 2 is 2.25 bits per heavy atom. The molecule has 1 atom stereocenters. The molecule has 0 aromatic carbocycles. The van der Waals surface area contributed by atoms with Gasteiger partial charge in [0.15, 0.2) is 0 Å². The zero-order valence-corrected chi connectivity index (χ0v) is 7.92. The predicted molar refractivity (Wildman–Crippen MR) is 49.0 cm³/mol. The summed E-state index contributed by atoms with van der Waals surface area (Å²) in [4.78, 5) is 2.46. The summed E-state index contributed by atoms with van der Waals surface area (Å²) in [7, 11) is 0. The standard InChI is InChI=1S/C10H19NO/c1-2-11-7-3-4-9(8-11)10(12)5-6-10/h9,12H,2-8H2,1H3. The molecule has 70 valence electrons. The highest BCUT2D eigenvalue weighted by atomic mass is 16.3. The molecule has 2 aliphatic rings. The molecule has 1 unspecified atom stereocenters. The van der Waals surface area contributed by atoms with Crippen LogP contribution in [0.4, 0.5) is 0 Å². The fraction of sp³-hybridized carbons (Fsp3) is 1.00. The summed E-state index contributed by atoms with van der Waals surface area (Å²) in [6.45, 7) is 5.72. The smallest absolute Gasteiger partial charge is 0.0690 e. The van der Waals surface area contributed by atoms with Gasteiger partial charge in [-0.2, -0.15) is 0 Å². The van der Waals surface area contributed by atoms with Crippen LogP contribution in [0.25, 0.3) is 0 Å². The Morgan fingerprint density at radius 3 is 2.83 bits per heavy atom. The van der Waals surface area contributed by atoms with Gasteiger partial charge in [0, 0.05) is 12.5 Å². The van der Waals surface area contributed by atoms with Gasteiger partial charge in [-0.3, -0.25) is 0 Å². The van der Waals surface area contributed by atoms with E-state index in [0.29, 0.717) is 5.92 Å². The van der Waals surface area contributed by atoms with Crippen LogP contribution in [0.5, 0.6) is 0 Å². The Morgan fingerprint density at radius 1 is 1.50 bits per heavy atom. The molecule has 0 spiro atoms. The van der Waals surface area contributed by atoms with Crippen molar-refractivity contribution < 1.29 is 5.11 Å². The number of aliphatic hydroxyl groups is 1. The minimum absolute atomic E-state index is 0.242. The number of piperidine rings is 1. The first-order valence-corrected chi connectivity index (χ1v) is 5.19. The second-order valence-electron chi connectivity index (χ2n) is 4.34. The van der Waals surface area contributed by atoms with Crippen LogP contribution in [0, 0.1) is 5.92 Å². The molecule has 1 N–H and O–H groups in total. The maximum atomic E-state index is 9.94. The monoisotopic (exact) mass is 169 g/mol. The van der Waals surface area contributed by atoms with E-state index in [1.807, 2.05) is 0 Å². The molecule has 0 amide bonds. The van der Waals surface area contributed by atoms with E-state index < -0.39 is 0 Å². The number of hydrogen-bond donors (Lipinski definition) is 1. The Kier molecular flexibility index (Phi) is 2.13. The van der Waals surface area contributed by atoms with Crippen LogP contribution < -0.4 is 0 Å². The molecule has 0 radical (unpaired) electrons. The second-order valence-corrected chi connectivity index (χ2v) is 4.34. The fourth-order valence-corrected chi connectivity index (χ4v) is 2.32. The van der Waals surface area contributed by atoms with E-state index in [1.54, 1.807) is 0 Å². The summed E-state index contributed by atoms with van der Waals surface area (Å²) < 4.78 is 0. The van der Waals surface area contributed by atoms with Gasteiger partial charge in [-0.25, -0.2) is 0 Å². The molecule has 1 saturated carbocycles. The average Bonchev–Trinajstić information content (AvgIpc) is 2.85. The van der Waals surface area contributed by atoms with Crippen LogP contribution in [-0.4, -0.2) is 35.2 Å². The van der Waals surface area contributed by atoms with E-state index in [2.05, 4.69) is 11.8 Å². The first-order valence-electron chi connectivity index (χ1n) is 5.19. The average molecular weight is 169 g/mol. The minimum Gasteiger partial charge on any atom is -0.390 e. The van der Waals surface area contributed by atoms with Crippen molar-refractivity contribution >= 4 is 0 Å². The summed E-state index contributed by atoms with van der Waals surface area (Å²) in [5.41, 5.74) is -0.242. The van der Waals surface area contributed by atoms with E-state index >= 15 is 0 Å². The molecule has 1 saturated heterocycles. The van der Waals surface area contributed by atoms with Crippen LogP contribution in [0.3, 0.4) is 0 Å². The molecule has 1 aliphatic carbocycles. The van der Waals surface area contributed by atoms with Crippen molar-refractivity contribution in [1.82, 2.24) is 4.90 Å². The molecule has 0 aromatic heterocycles. The summed E-state index contributed by atoms with van der Waals surface area (Å²) in [5.74, 6) is 0.575. The van der Waals surface area contributed by atoms with Crippen molar-refractivity contribution in [3.8, 4) is 0 Å². The molecular formula is C10H19NO. The molecule has 2 fully saturated rings. The van der Waals surface area contributed by atoms with Gasteiger partial charge in [0.05, 0.1) is 5.60 Å². The predicted octanol–water partition coefficient (Wildman–Crippen LogP) is 1.24. The van der Waals surface area contributed by atoms with Crippen molar-refractivity contribution in [2.24, 2.45) is 5.92 Å². The van der Waals surface area contributed by atoms with Gasteiger partial charge >= 0.3 is 0 Å². The Hall–Kier alpha value is -0.0800. The SMILES string of the molecule is CCN1CCCC(C2(O)CC2)C1. The third-order valence-corrected chi connectivity index (χ3v) is 3.47. The van der Waals surface area contributed by atoms with Gasteiger partial charge in [0.25, 0.3) is 0 Å². The first kappa shape index (κ1) is 8.52. The highest BCUT2D eigenvalue weighted by Gasteiger charge is 2.48. The van der Waals surface area contributed by atoms with Crippen LogP contribution in [-0.2, 0) is 0 Å². The molecule has 12 heavy (non-hydrogen) atoms. The lowest BCUT2D eigenvalue weighted by atomic mass is 9.91. The molecule has 2 heteroatoms. The zero-order chi connectivity index (χ0) is 8.60. The van der Waals surface area contributed by atoms with Crippen molar-refractivity contribution in [2.45, 2.75) is 38.2 Å². The van der Waals surface area contributed by atoms with Crippen molar-refractivity contribution in [1.29, 1.82) is 0 Å². The molecule has 0 bridgehead atoms. The molecular weight excluding hydrogens is 150 g/mol. The number of rotatable bonds is 2. The molecule has 2 nitrogen and oxygen atoms in total. The van der Waals surface area contributed by atoms with Crippen LogP contribution >= 0.6 is 0 Å². The lowest BCUT2D eigenvalue weighted by molar-refractivity contribution is 0.0332. The van der Waals surface area contributed by atoms with Gasteiger partial charge in [-0.1, -0.05) is 6.92 Å². The van der Waals surface area contributed by atoms with Gasteiger partial charge in [0.2, 0.25) is 0 Å². The summed E-state index contributed by atoms with van der Waals surface area (Å²) in [5, 5.41) is 9.94. The lowest BCUT2D eigenvalue weighted by Gasteiger charge is -2.34. The van der Waals surface area contributed by atoms with Gasteiger partial charge in [-0.15, -0.1) is 0 Å². The van der Waals surface area contributed by atoms with E-state index in [0.717, 1.165) is 25.9 Å². The normalized spacial score (nSPS) is 35.0. The van der Waals surface area contributed by atoms with Crippen LogP contribution in [0.15, 0.2) is 0 Å². The van der Waals surface area contributed by atoms with Crippen LogP contribution in [0.2, 0.25) is 0 Å². The second kappa shape index (κ2) is 3.00. The largest absolute Gasteiger partial charge is 0.390 e. The zero-order valence-electron chi connectivity index (χ0n) is 7.92. The summed E-state index contributed by atoms with van der Waals surface area (Å²) in [6, 6.07) is 0. The summed E-state index contributed by atoms with van der Waals surface area (Å²) >= 11 is 0. The van der Waals surface area contributed by atoms with E-state index in [9.17, 15) is 5.11 Å². The molecule has 1 heterocycles. The first-order chi connectivity index (χ1) is 5.74. The fourth-order valence-electron chi connectivity index (χ4n) is 2.32. The Balaban J connectivity index is 1.90. The van der Waals surface area contributed by atoms with Gasteiger partial charge in [0.1, 0.15) is 0 Å². The third kappa shape index (κ3) is 1.50.